The van der Waals surface area contributed by atoms with Crippen LogP contribution >= 0.6 is 0 Å². The first-order valence-electron chi connectivity index (χ1n) is 14.7. The van der Waals surface area contributed by atoms with Crippen LogP contribution in [0.5, 0.6) is 0 Å². The predicted octanol–water partition coefficient (Wildman–Crippen LogP) is 6.37. The Kier molecular flexibility index (Phi) is 6.62. The minimum atomic E-state index is -2.61. The molecule has 1 spiro atoms. The summed E-state index contributed by atoms with van der Waals surface area (Å²) < 4.78 is 42.6. The van der Waals surface area contributed by atoms with Crippen molar-refractivity contribution in [2.45, 2.75) is 76.7 Å². The van der Waals surface area contributed by atoms with Crippen LogP contribution in [-0.2, 0) is 40.8 Å². The van der Waals surface area contributed by atoms with E-state index in [1.165, 1.54) is 5.56 Å². The van der Waals surface area contributed by atoms with Crippen LogP contribution in [0.3, 0.4) is 0 Å². The number of aryl methyl sites for hydroxylation is 2. The minimum Gasteiger partial charge on any atom is -0.348 e. The molecule has 4 heterocycles. The van der Waals surface area contributed by atoms with Gasteiger partial charge in [0.2, 0.25) is 5.91 Å². The summed E-state index contributed by atoms with van der Waals surface area (Å²) in [5.41, 5.74) is 7.77. The minimum absolute atomic E-state index is 0.0240. The molecule has 2 aromatic carbocycles. The predicted molar refractivity (Wildman–Crippen MR) is 151 cm³/mol. The number of carbonyl (C=O) groups excluding carboxylic acids is 1. The number of halogens is 2. The number of carbonyl (C=O) groups is 1. The molecule has 41 heavy (non-hydrogen) atoms. The molecule has 0 atom stereocenters. The van der Waals surface area contributed by atoms with E-state index in [1.807, 2.05) is 11.0 Å². The molecule has 1 saturated heterocycles. The normalized spacial score (nSPS) is 20.2. The monoisotopic (exact) mass is 562 g/mol. The molecule has 0 unspecified atom stereocenters. The fraction of sp³-hybridized carbons (Fsp3) is 0.500. The molecule has 2 fully saturated rings. The maximum atomic E-state index is 14.5. The fourth-order valence-corrected chi connectivity index (χ4v) is 7.28. The highest BCUT2D eigenvalue weighted by Gasteiger charge is 2.41. The number of rotatable bonds is 4. The molecule has 1 saturated carbocycles. The van der Waals surface area contributed by atoms with E-state index in [0.717, 1.165) is 73.1 Å². The zero-order valence-electron chi connectivity index (χ0n) is 23.7. The summed E-state index contributed by atoms with van der Waals surface area (Å²) in [6.07, 6.45) is 6.24. The number of hydrogen-bond donors (Lipinski definition) is 0. The molecule has 7 nitrogen and oxygen atoms in total. The van der Waals surface area contributed by atoms with Crippen molar-refractivity contribution in [1.29, 1.82) is 0 Å². The van der Waals surface area contributed by atoms with Gasteiger partial charge >= 0.3 is 0 Å². The second-order valence-electron chi connectivity index (χ2n) is 12.0. The number of alkyl halides is 2. The summed E-state index contributed by atoms with van der Waals surface area (Å²) in [7, 11) is 1.80. The van der Waals surface area contributed by atoms with Crippen LogP contribution in [0.4, 0.5) is 20.2 Å². The third-order valence-corrected chi connectivity index (χ3v) is 9.44. The number of aromatic nitrogens is 2. The molecular weight excluding hydrogens is 526 g/mol. The molecular formula is C32H36F2N4O3. The van der Waals surface area contributed by atoms with Crippen molar-refractivity contribution in [3.63, 3.8) is 0 Å². The Morgan fingerprint density at radius 1 is 1.05 bits per heavy atom. The summed E-state index contributed by atoms with van der Waals surface area (Å²) in [6, 6.07) is 8.18. The largest absolute Gasteiger partial charge is 0.348 e. The molecule has 0 N–H and O–H groups in total. The zero-order chi connectivity index (χ0) is 28.3. The number of ether oxygens (including phenoxy) is 2. The van der Waals surface area contributed by atoms with Gasteiger partial charge in [0.25, 0.3) is 6.43 Å². The molecule has 7 rings (SSSR count). The Morgan fingerprint density at radius 2 is 1.83 bits per heavy atom. The third kappa shape index (κ3) is 4.73. The first-order chi connectivity index (χ1) is 19.8. The highest BCUT2D eigenvalue weighted by Crippen LogP contribution is 2.47. The van der Waals surface area contributed by atoms with Crippen molar-refractivity contribution in [2.75, 3.05) is 24.7 Å². The first kappa shape index (κ1) is 26.6. The average Bonchev–Trinajstić information content (AvgIpc) is 3.72. The van der Waals surface area contributed by atoms with Crippen molar-refractivity contribution in [1.82, 2.24) is 14.7 Å². The smallest absolute Gasteiger partial charge is 0.264 e. The maximum Gasteiger partial charge on any atom is 0.264 e. The Bertz CT molecular complexity index is 1490. The van der Waals surface area contributed by atoms with E-state index in [1.54, 1.807) is 37.1 Å². The topological polar surface area (TPSA) is 59.8 Å². The highest BCUT2D eigenvalue weighted by atomic mass is 19.3. The quantitative estimate of drug-likeness (QED) is 0.370. The zero-order valence-corrected chi connectivity index (χ0v) is 23.7. The number of amides is 1. The lowest BCUT2D eigenvalue weighted by Gasteiger charge is -2.37. The van der Waals surface area contributed by atoms with E-state index in [4.69, 9.17) is 9.47 Å². The van der Waals surface area contributed by atoms with Gasteiger partial charge in [-0.05, 0) is 72.1 Å². The van der Waals surface area contributed by atoms with Gasteiger partial charge in [-0.3, -0.25) is 9.48 Å². The van der Waals surface area contributed by atoms with E-state index in [-0.39, 0.29) is 11.5 Å². The maximum absolute atomic E-state index is 14.5. The van der Waals surface area contributed by atoms with Gasteiger partial charge in [0.05, 0.1) is 19.4 Å². The molecule has 1 aromatic heterocycles. The Hall–Kier alpha value is -3.30. The van der Waals surface area contributed by atoms with Crippen molar-refractivity contribution in [2.24, 2.45) is 7.05 Å². The van der Waals surface area contributed by atoms with Gasteiger partial charge in [-0.2, -0.15) is 5.10 Å². The van der Waals surface area contributed by atoms with Crippen LogP contribution in [0, 0.1) is 0 Å². The van der Waals surface area contributed by atoms with Gasteiger partial charge in [0.1, 0.15) is 0 Å². The standard InChI is InChI=1S/C32H36F2N4O3/c1-20(39)37-18-24-12-23(21-5-7-32(8-6-21)40-10-11-41-32)14-30(28(24)19-37)38-9-3-4-22-13-26(25-16-35-36(2)17-25)27(31(33)34)15-29(22)38/h12-17,21,31H,3-11,18-19H2,1-2H3. The molecule has 3 aliphatic heterocycles. The van der Waals surface area contributed by atoms with Crippen molar-refractivity contribution < 1.29 is 23.0 Å². The SMILES string of the molecule is CC(=O)N1Cc2cc(C3CCC4(CC3)OCCO4)cc(N3CCCc4cc(-c5cnn(C)c5)c(C(F)F)cc43)c2C1. The van der Waals surface area contributed by atoms with Crippen LogP contribution in [-0.4, -0.2) is 46.1 Å². The Morgan fingerprint density at radius 3 is 2.51 bits per heavy atom. The number of anilines is 2. The van der Waals surface area contributed by atoms with E-state index in [9.17, 15) is 13.6 Å². The van der Waals surface area contributed by atoms with Gasteiger partial charge in [0.15, 0.2) is 5.79 Å². The summed E-state index contributed by atoms with van der Waals surface area (Å²) >= 11 is 0. The molecule has 1 amide bonds. The van der Waals surface area contributed by atoms with Crippen LogP contribution in [0.2, 0.25) is 0 Å². The summed E-state index contributed by atoms with van der Waals surface area (Å²) in [6.45, 7) is 4.79. The number of nitrogens with zero attached hydrogens (tertiary/aromatic N) is 4. The van der Waals surface area contributed by atoms with Crippen molar-refractivity contribution in [3.8, 4) is 11.1 Å². The number of benzene rings is 2. The van der Waals surface area contributed by atoms with E-state index in [0.29, 0.717) is 43.3 Å². The van der Waals surface area contributed by atoms with Gasteiger partial charge < -0.3 is 19.3 Å². The van der Waals surface area contributed by atoms with Gasteiger partial charge in [-0.15, -0.1) is 0 Å². The Balaban J connectivity index is 1.30. The van der Waals surface area contributed by atoms with Crippen LogP contribution in [0.25, 0.3) is 11.1 Å². The third-order valence-electron chi connectivity index (χ3n) is 9.44. The summed E-state index contributed by atoms with van der Waals surface area (Å²) in [4.78, 5) is 16.5. The lowest BCUT2D eigenvalue weighted by Crippen LogP contribution is -2.34. The second kappa shape index (κ2) is 10.2. The van der Waals surface area contributed by atoms with Gasteiger partial charge in [-0.25, -0.2) is 8.78 Å². The molecule has 0 bridgehead atoms. The molecule has 9 heteroatoms. The Labute approximate surface area is 239 Å². The van der Waals surface area contributed by atoms with E-state index < -0.39 is 12.2 Å². The average molecular weight is 563 g/mol. The molecule has 3 aromatic rings. The van der Waals surface area contributed by atoms with E-state index >= 15 is 0 Å². The highest BCUT2D eigenvalue weighted by molar-refractivity contribution is 5.80. The summed E-state index contributed by atoms with van der Waals surface area (Å²) in [5.74, 6) is -0.0213. The van der Waals surface area contributed by atoms with Gasteiger partial charge in [-0.1, -0.05) is 6.07 Å². The van der Waals surface area contributed by atoms with Crippen molar-refractivity contribution in [3.05, 3.63) is 64.5 Å². The first-order valence-corrected chi connectivity index (χ1v) is 14.7. The second-order valence-corrected chi connectivity index (χ2v) is 12.0. The van der Waals surface area contributed by atoms with Crippen LogP contribution in [0.15, 0.2) is 36.7 Å². The lowest BCUT2D eigenvalue weighted by atomic mass is 9.80. The number of fused-ring (bicyclic) bond motifs is 2. The fourth-order valence-electron chi connectivity index (χ4n) is 7.28. The van der Waals surface area contributed by atoms with Crippen molar-refractivity contribution >= 4 is 17.3 Å². The molecule has 216 valence electrons. The molecule has 1 aliphatic carbocycles. The van der Waals surface area contributed by atoms with E-state index in [2.05, 4.69) is 22.1 Å². The molecule has 4 aliphatic rings. The summed E-state index contributed by atoms with van der Waals surface area (Å²) in [5, 5.41) is 4.22. The van der Waals surface area contributed by atoms with Crippen LogP contribution < -0.4 is 4.90 Å². The molecule has 0 radical (unpaired) electrons. The number of hydrogen-bond acceptors (Lipinski definition) is 5. The van der Waals surface area contributed by atoms with Gasteiger partial charge in [0, 0.05) is 80.7 Å². The lowest BCUT2D eigenvalue weighted by molar-refractivity contribution is -0.178. The van der Waals surface area contributed by atoms with Crippen LogP contribution in [0.1, 0.15) is 79.2 Å².